The molecule has 0 aromatic carbocycles. The minimum Gasteiger partial charge on any atom is -0.324 e. The quantitative estimate of drug-likeness (QED) is 0.676. The lowest BCUT2D eigenvalue weighted by Crippen LogP contribution is -2.41. The molecule has 3 heteroatoms. The van der Waals surface area contributed by atoms with Crippen molar-refractivity contribution >= 4 is 31.9 Å². The van der Waals surface area contributed by atoms with Gasteiger partial charge in [-0.25, -0.2) is 0 Å². The van der Waals surface area contributed by atoms with Gasteiger partial charge in [-0.05, 0) is 29.3 Å². The van der Waals surface area contributed by atoms with E-state index in [2.05, 4.69) is 59.8 Å². The van der Waals surface area contributed by atoms with E-state index in [1.54, 1.807) is 0 Å². The van der Waals surface area contributed by atoms with E-state index in [1.807, 2.05) is 0 Å². The zero-order valence-corrected chi connectivity index (χ0v) is 12.2. The highest BCUT2D eigenvalue weighted by molar-refractivity contribution is 9.14. The Morgan fingerprint density at radius 1 is 1.23 bits per heavy atom. The molecule has 0 N–H and O–H groups in total. The summed E-state index contributed by atoms with van der Waals surface area (Å²) >= 11 is 7.07. The molecule has 0 bridgehead atoms. The summed E-state index contributed by atoms with van der Waals surface area (Å²) in [4.78, 5) is 0. The molecule has 0 unspecified atom stereocenters. The Morgan fingerprint density at radius 2 is 1.77 bits per heavy atom. The molecule has 0 radical (unpaired) electrons. The Hall–Kier alpha value is 0.660. The molecule has 0 atom stereocenters. The summed E-state index contributed by atoms with van der Waals surface area (Å²) in [6.07, 6.45) is 2.57. The van der Waals surface area contributed by atoms with E-state index in [9.17, 15) is 0 Å². The molecule has 0 aliphatic carbocycles. The van der Waals surface area contributed by atoms with Gasteiger partial charge >= 0.3 is 0 Å². The average molecular weight is 314 g/mol. The van der Waals surface area contributed by atoms with Gasteiger partial charge < -0.3 is 4.48 Å². The molecule has 78 valence electrons. The first-order valence-electron chi connectivity index (χ1n) is 4.72. The van der Waals surface area contributed by atoms with Crippen LogP contribution in [0, 0.1) is 0 Å². The summed E-state index contributed by atoms with van der Waals surface area (Å²) in [5.41, 5.74) is 0. The van der Waals surface area contributed by atoms with E-state index in [-0.39, 0.29) is 0 Å². The molecular weight excluding hydrogens is 294 g/mol. The van der Waals surface area contributed by atoms with E-state index >= 15 is 0 Å². The Bertz CT molecular complexity index is 181. The first-order valence-corrected chi connectivity index (χ1v) is 6.30. The largest absolute Gasteiger partial charge is 0.324 e. The highest BCUT2D eigenvalue weighted by atomic mass is 79.9. The number of likely N-dealkylation sites (N-methyl/N-ethyl adjacent to an activating group) is 1. The highest BCUT2D eigenvalue weighted by Gasteiger charge is 2.16. The zero-order valence-electron chi connectivity index (χ0n) is 9.03. The summed E-state index contributed by atoms with van der Waals surface area (Å²) in [5, 5.41) is 0. The molecule has 0 fully saturated rings. The number of halogens is 2. The highest BCUT2D eigenvalue weighted by Crippen LogP contribution is 2.20. The lowest BCUT2D eigenvalue weighted by atomic mass is 10.3. The van der Waals surface area contributed by atoms with Crippen LogP contribution in [0.25, 0.3) is 0 Å². The van der Waals surface area contributed by atoms with Gasteiger partial charge in [0, 0.05) is 4.48 Å². The van der Waals surface area contributed by atoms with Gasteiger partial charge in [0.05, 0.1) is 25.1 Å². The standard InChI is InChI=1S/C10H20Br2N/c1-5-6-7-13(3,4)8-10(12)9(2)11/h5-8H2,1-4H3/q+1/b10-9+. The van der Waals surface area contributed by atoms with Gasteiger partial charge in [-0.3, -0.25) is 0 Å². The molecule has 0 aromatic heterocycles. The third-order valence-electron chi connectivity index (χ3n) is 2.06. The van der Waals surface area contributed by atoms with Crippen molar-refractivity contribution in [2.45, 2.75) is 26.7 Å². The maximum Gasteiger partial charge on any atom is 0.111 e. The molecule has 0 aliphatic rings. The van der Waals surface area contributed by atoms with Crippen molar-refractivity contribution in [1.82, 2.24) is 0 Å². The lowest BCUT2D eigenvalue weighted by molar-refractivity contribution is -0.885. The van der Waals surface area contributed by atoms with Gasteiger partial charge in [0.2, 0.25) is 0 Å². The minimum absolute atomic E-state index is 1.05. The topological polar surface area (TPSA) is 0 Å². The number of allylic oxidation sites excluding steroid dienone is 1. The van der Waals surface area contributed by atoms with Gasteiger partial charge in [0.1, 0.15) is 6.54 Å². The SMILES string of the molecule is CCCC[N+](C)(C)C/C(Br)=C(/C)Br. The molecule has 0 saturated carbocycles. The van der Waals surface area contributed by atoms with E-state index in [4.69, 9.17) is 0 Å². The normalized spacial score (nSPS) is 14.3. The Kier molecular flexibility index (Phi) is 6.52. The maximum absolute atomic E-state index is 3.59. The molecule has 0 aliphatic heterocycles. The Labute approximate surface area is 99.0 Å². The third kappa shape index (κ3) is 6.69. The number of nitrogens with zero attached hydrogens (tertiary/aromatic N) is 1. The molecule has 13 heavy (non-hydrogen) atoms. The van der Waals surface area contributed by atoms with Crippen LogP contribution in [0.1, 0.15) is 26.7 Å². The van der Waals surface area contributed by atoms with Crippen LogP contribution in [-0.2, 0) is 0 Å². The second kappa shape index (κ2) is 6.20. The van der Waals surface area contributed by atoms with Crippen LogP contribution >= 0.6 is 31.9 Å². The first kappa shape index (κ1) is 13.7. The molecular formula is C10H20Br2N+. The van der Waals surface area contributed by atoms with Crippen LogP contribution in [0.2, 0.25) is 0 Å². The van der Waals surface area contributed by atoms with Gasteiger partial charge in [0.15, 0.2) is 0 Å². The first-order chi connectivity index (χ1) is 5.89. The van der Waals surface area contributed by atoms with Crippen LogP contribution in [0.4, 0.5) is 0 Å². The molecule has 0 saturated heterocycles. The molecule has 0 aromatic rings. The molecule has 0 spiro atoms. The minimum atomic E-state index is 1.05. The van der Waals surface area contributed by atoms with E-state index in [1.165, 1.54) is 28.4 Å². The average Bonchev–Trinajstić information content (AvgIpc) is 2.00. The van der Waals surface area contributed by atoms with Gasteiger partial charge in [0.25, 0.3) is 0 Å². The van der Waals surface area contributed by atoms with Crippen molar-refractivity contribution in [2.75, 3.05) is 27.2 Å². The van der Waals surface area contributed by atoms with Crippen molar-refractivity contribution < 1.29 is 4.48 Å². The van der Waals surface area contributed by atoms with E-state index < -0.39 is 0 Å². The van der Waals surface area contributed by atoms with Crippen molar-refractivity contribution in [2.24, 2.45) is 0 Å². The fourth-order valence-electron chi connectivity index (χ4n) is 1.15. The van der Waals surface area contributed by atoms with Crippen LogP contribution in [-0.4, -0.2) is 31.7 Å². The molecule has 1 nitrogen and oxygen atoms in total. The second-order valence-electron chi connectivity index (χ2n) is 4.11. The molecule has 0 rings (SSSR count). The molecule has 0 heterocycles. The van der Waals surface area contributed by atoms with Crippen LogP contribution < -0.4 is 0 Å². The van der Waals surface area contributed by atoms with Crippen molar-refractivity contribution in [3.05, 3.63) is 8.96 Å². The van der Waals surface area contributed by atoms with Crippen LogP contribution in [0.5, 0.6) is 0 Å². The molecule has 0 amide bonds. The third-order valence-corrected chi connectivity index (χ3v) is 3.91. The maximum atomic E-state index is 3.59. The summed E-state index contributed by atoms with van der Waals surface area (Å²) < 4.78 is 3.53. The predicted molar refractivity (Wildman–Crippen MR) is 67.3 cm³/mol. The lowest BCUT2D eigenvalue weighted by Gasteiger charge is -2.29. The van der Waals surface area contributed by atoms with E-state index in [0.29, 0.717) is 0 Å². The predicted octanol–water partition coefficient (Wildman–Crippen LogP) is 3.88. The summed E-state index contributed by atoms with van der Waals surface area (Å²) in [7, 11) is 4.54. The Balaban J connectivity index is 4.09. The summed E-state index contributed by atoms with van der Waals surface area (Å²) in [6, 6.07) is 0. The van der Waals surface area contributed by atoms with Crippen molar-refractivity contribution in [1.29, 1.82) is 0 Å². The summed E-state index contributed by atoms with van der Waals surface area (Å²) in [6.45, 7) is 6.62. The Morgan fingerprint density at radius 3 is 2.15 bits per heavy atom. The van der Waals surface area contributed by atoms with Crippen molar-refractivity contribution in [3.8, 4) is 0 Å². The fourth-order valence-corrected chi connectivity index (χ4v) is 1.95. The van der Waals surface area contributed by atoms with E-state index in [0.717, 1.165) is 11.0 Å². The fraction of sp³-hybridized carbons (Fsp3) is 0.800. The van der Waals surface area contributed by atoms with Crippen LogP contribution in [0.15, 0.2) is 8.96 Å². The van der Waals surface area contributed by atoms with Gasteiger partial charge in [-0.2, -0.15) is 0 Å². The van der Waals surface area contributed by atoms with Gasteiger partial charge in [-0.15, -0.1) is 0 Å². The second-order valence-corrected chi connectivity index (χ2v) is 6.26. The number of hydrogen-bond donors (Lipinski definition) is 0. The number of unbranched alkanes of at least 4 members (excludes halogenated alkanes) is 1. The number of hydrogen-bond acceptors (Lipinski definition) is 0. The number of quaternary nitrogens is 1. The zero-order chi connectivity index (χ0) is 10.5. The smallest absolute Gasteiger partial charge is 0.111 e. The summed E-state index contributed by atoms with van der Waals surface area (Å²) in [5.74, 6) is 0. The van der Waals surface area contributed by atoms with Crippen LogP contribution in [0.3, 0.4) is 0 Å². The number of rotatable bonds is 5. The van der Waals surface area contributed by atoms with Crippen molar-refractivity contribution in [3.63, 3.8) is 0 Å². The van der Waals surface area contributed by atoms with Gasteiger partial charge in [-0.1, -0.05) is 29.3 Å². The monoisotopic (exact) mass is 312 g/mol.